The summed E-state index contributed by atoms with van der Waals surface area (Å²) in [5.41, 5.74) is 2.90. The molecule has 8 heteroatoms. The first kappa shape index (κ1) is 22.1. The van der Waals surface area contributed by atoms with Crippen molar-refractivity contribution in [3.8, 4) is 0 Å². The van der Waals surface area contributed by atoms with Crippen LogP contribution in [0.15, 0.2) is 18.2 Å². The summed E-state index contributed by atoms with van der Waals surface area (Å²) in [6.45, 7) is 9.17. The minimum atomic E-state index is -0.162. The zero-order valence-corrected chi connectivity index (χ0v) is 18.3. The van der Waals surface area contributed by atoms with Crippen molar-refractivity contribution in [2.75, 3.05) is 43.2 Å². The van der Waals surface area contributed by atoms with Crippen LogP contribution in [-0.2, 0) is 0 Å². The first-order valence-electron chi connectivity index (χ1n) is 9.50. The van der Waals surface area contributed by atoms with Crippen LogP contribution in [0.3, 0.4) is 0 Å². The van der Waals surface area contributed by atoms with Crippen LogP contribution in [-0.4, -0.2) is 49.8 Å². The van der Waals surface area contributed by atoms with Crippen LogP contribution in [0.1, 0.15) is 42.3 Å². The maximum absolute atomic E-state index is 12.0. The van der Waals surface area contributed by atoms with Gasteiger partial charge in [-0.1, -0.05) is 26.8 Å². The van der Waals surface area contributed by atoms with Crippen molar-refractivity contribution in [3.63, 3.8) is 0 Å². The lowest BCUT2D eigenvalue weighted by molar-refractivity contribution is 0.0963. The Balaban J connectivity index is 2.54. The Hall–Kier alpha value is -3.16. The molecule has 0 atom stereocenters. The van der Waals surface area contributed by atoms with Crippen LogP contribution in [0.5, 0.6) is 0 Å². The van der Waals surface area contributed by atoms with Crippen LogP contribution < -0.4 is 20.9 Å². The minimum Gasteiger partial charge on any atom is -0.358 e. The molecule has 8 nitrogen and oxygen atoms in total. The van der Waals surface area contributed by atoms with Crippen LogP contribution in [0.25, 0.3) is 0 Å². The molecular formula is C21H31N7O. The number of hydrogen-bond acceptors (Lipinski definition) is 7. The molecule has 4 N–H and O–H groups in total. The molecule has 156 valence electrons. The fourth-order valence-corrected chi connectivity index (χ4v) is 3.04. The first-order valence-corrected chi connectivity index (χ1v) is 9.50. The summed E-state index contributed by atoms with van der Waals surface area (Å²) in [5, 5.41) is 16.9. The van der Waals surface area contributed by atoms with E-state index < -0.39 is 0 Å². The van der Waals surface area contributed by atoms with Gasteiger partial charge in [-0.2, -0.15) is 9.97 Å². The van der Waals surface area contributed by atoms with Crippen LogP contribution in [0.4, 0.5) is 23.3 Å². The third-order valence-corrected chi connectivity index (χ3v) is 4.35. The van der Waals surface area contributed by atoms with Crippen molar-refractivity contribution >= 4 is 35.4 Å². The van der Waals surface area contributed by atoms with Crippen LogP contribution >= 0.6 is 0 Å². The number of hydrogen-bond donors (Lipinski definition) is 4. The van der Waals surface area contributed by atoms with Crippen molar-refractivity contribution in [2.45, 2.75) is 27.7 Å². The summed E-state index contributed by atoms with van der Waals surface area (Å²) in [7, 11) is 5.32. The van der Waals surface area contributed by atoms with Gasteiger partial charge in [0.1, 0.15) is 11.6 Å². The number of nitrogens with zero attached hydrogens (tertiary/aromatic N) is 3. The lowest BCUT2D eigenvalue weighted by atomic mass is 9.96. The van der Waals surface area contributed by atoms with E-state index in [1.54, 1.807) is 26.2 Å². The number of carbonyl (C=O) groups excluding carboxylic acids is 1. The summed E-state index contributed by atoms with van der Waals surface area (Å²) in [5.74, 6) is 1.46. The molecule has 0 spiro atoms. The number of aryl methyl sites for hydroxylation is 1. The zero-order valence-electron chi connectivity index (χ0n) is 18.3. The van der Waals surface area contributed by atoms with Gasteiger partial charge < -0.3 is 26.3 Å². The van der Waals surface area contributed by atoms with Gasteiger partial charge in [0.05, 0.1) is 5.56 Å². The van der Waals surface area contributed by atoms with E-state index >= 15 is 0 Å². The second-order valence-corrected chi connectivity index (χ2v) is 8.18. The Kier molecular flexibility index (Phi) is 6.79. The van der Waals surface area contributed by atoms with Crippen molar-refractivity contribution in [2.24, 2.45) is 5.41 Å². The maximum Gasteiger partial charge on any atom is 0.251 e. The van der Waals surface area contributed by atoms with Gasteiger partial charge >= 0.3 is 0 Å². The number of carbonyl (C=O) groups is 1. The van der Waals surface area contributed by atoms with Gasteiger partial charge in [0.25, 0.3) is 5.91 Å². The molecule has 0 saturated carbocycles. The number of anilines is 4. The summed E-state index contributed by atoms with van der Waals surface area (Å²) >= 11 is 0. The molecule has 0 aliphatic heterocycles. The monoisotopic (exact) mass is 397 g/mol. The Labute approximate surface area is 172 Å². The summed E-state index contributed by atoms with van der Waals surface area (Å²) in [4.78, 5) is 23.1. The van der Waals surface area contributed by atoms with E-state index in [1.807, 2.05) is 24.9 Å². The van der Waals surface area contributed by atoms with Gasteiger partial charge in [0.2, 0.25) is 5.95 Å². The highest BCUT2D eigenvalue weighted by atomic mass is 16.1. The fourth-order valence-electron chi connectivity index (χ4n) is 3.04. The molecule has 2 aromatic rings. The van der Waals surface area contributed by atoms with Crippen molar-refractivity contribution in [1.29, 1.82) is 5.41 Å². The summed E-state index contributed by atoms with van der Waals surface area (Å²) < 4.78 is 0. The molecule has 0 aliphatic carbocycles. The maximum atomic E-state index is 12.0. The van der Waals surface area contributed by atoms with Crippen molar-refractivity contribution in [1.82, 2.24) is 15.3 Å². The smallest absolute Gasteiger partial charge is 0.251 e. The standard InChI is InChI=1S/C21H31N7O/c1-13-8-9-14(19(29)23-5)10-16(13)25-17-15(11-22)18(27-20(24-6)26-17)28(7)12-21(2,3)4/h8-11,22H,12H2,1-7H3,(H,23,29)(H2,24,25,26,27). The Morgan fingerprint density at radius 2 is 1.93 bits per heavy atom. The van der Waals surface area contributed by atoms with Crippen molar-refractivity contribution in [3.05, 3.63) is 34.9 Å². The molecule has 0 bridgehead atoms. The van der Waals surface area contributed by atoms with Gasteiger partial charge in [0, 0.05) is 45.2 Å². The second-order valence-electron chi connectivity index (χ2n) is 8.18. The highest BCUT2D eigenvalue weighted by Gasteiger charge is 2.21. The second kappa shape index (κ2) is 8.89. The number of aromatic nitrogens is 2. The molecule has 0 saturated heterocycles. The molecule has 1 heterocycles. The molecule has 0 aliphatic rings. The van der Waals surface area contributed by atoms with E-state index in [1.165, 1.54) is 6.21 Å². The molecular weight excluding hydrogens is 366 g/mol. The lowest BCUT2D eigenvalue weighted by Crippen LogP contribution is -2.31. The largest absolute Gasteiger partial charge is 0.358 e. The van der Waals surface area contributed by atoms with E-state index in [2.05, 4.69) is 46.7 Å². The van der Waals surface area contributed by atoms with Gasteiger partial charge in [-0.3, -0.25) is 4.79 Å². The molecule has 1 aromatic heterocycles. The first-order chi connectivity index (χ1) is 13.6. The summed E-state index contributed by atoms with van der Waals surface area (Å²) in [6.07, 6.45) is 1.26. The molecule has 0 radical (unpaired) electrons. The van der Waals surface area contributed by atoms with E-state index in [0.717, 1.165) is 17.8 Å². The topological polar surface area (TPSA) is 106 Å². The van der Waals surface area contributed by atoms with E-state index in [0.29, 0.717) is 28.7 Å². The average molecular weight is 398 g/mol. The predicted molar refractivity (Wildman–Crippen MR) is 120 cm³/mol. The number of nitrogens with one attached hydrogen (secondary N) is 4. The van der Waals surface area contributed by atoms with Crippen LogP contribution in [0, 0.1) is 17.7 Å². The summed E-state index contributed by atoms with van der Waals surface area (Å²) in [6, 6.07) is 5.43. The molecule has 2 rings (SSSR count). The predicted octanol–water partition coefficient (Wildman–Crippen LogP) is 3.41. The highest BCUT2D eigenvalue weighted by molar-refractivity contribution is 5.96. The fraction of sp³-hybridized carbons (Fsp3) is 0.429. The Bertz CT molecular complexity index is 903. The van der Waals surface area contributed by atoms with E-state index in [9.17, 15) is 4.79 Å². The normalized spacial score (nSPS) is 11.0. The van der Waals surface area contributed by atoms with Gasteiger partial charge in [-0.15, -0.1) is 0 Å². The lowest BCUT2D eigenvalue weighted by Gasteiger charge is -2.29. The van der Waals surface area contributed by atoms with Gasteiger partial charge in [-0.25, -0.2) is 0 Å². The van der Waals surface area contributed by atoms with Gasteiger partial charge in [-0.05, 0) is 30.0 Å². The van der Waals surface area contributed by atoms with E-state index in [-0.39, 0.29) is 11.3 Å². The average Bonchev–Trinajstić information content (AvgIpc) is 2.66. The third kappa shape index (κ3) is 5.43. The Morgan fingerprint density at radius 3 is 2.48 bits per heavy atom. The molecule has 1 amide bonds. The van der Waals surface area contributed by atoms with Crippen molar-refractivity contribution < 1.29 is 4.79 Å². The van der Waals surface area contributed by atoms with Gasteiger partial charge in [0.15, 0.2) is 0 Å². The molecule has 0 unspecified atom stereocenters. The molecule has 29 heavy (non-hydrogen) atoms. The molecule has 0 fully saturated rings. The Morgan fingerprint density at radius 1 is 1.24 bits per heavy atom. The minimum absolute atomic E-state index is 0.0603. The number of rotatable bonds is 7. The quantitative estimate of drug-likeness (QED) is 0.534. The zero-order chi connectivity index (χ0) is 21.8. The number of benzene rings is 1. The van der Waals surface area contributed by atoms with Crippen LogP contribution in [0.2, 0.25) is 0 Å². The highest BCUT2D eigenvalue weighted by Crippen LogP contribution is 2.30. The SMILES string of the molecule is CNC(=O)c1ccc(C)c(Nc2nc(NC)nc(N(C)CC(C)(C)C)c2C=N)c1. The number of amides is 1. The van der Waals surface area contributed by atoms with E-state index in [4.69, 9.17) is 5.41 Å². The molecule has 1 aromatic carbocycles. The third-order valence-electron chi connectivity index (χ3n) is 4.35.